The third kappa shape index (κ3) is 2.40. The second kappa shape index (κ2) is 3.71. The number of carboxylic acids is 2. The SMILES string of the molecule is C1CC2(COC2)N1.O=C(O)C(=O)O. The van der Waals surface area contributed by atoms with Gasteiger partial charge in [0.15, 0.2) is 0 Å². The van der Waals surface area contributed by atoms with Crippen LogP contribution in [0.3, 0.4) is 0 Å². The molecule has 2 heterocycles. The van der Waals surface area contributed by atoms with Crippen LogP contribution in [-0.2, 0) is 14.3 Å². The van der Waals surface area contributed by atoms with Gasteiger partial charge in [0.1, 0.15) is 0 Å². The van der Waals surface area contributed by atoms with Crippen molar-refractivity contribution in [1.82, 2.24) is 5.32 Å². The molecule has 2 saturated heterocycles. The Balaban J connectivity index is 0.000000133. The molecule has 0 aromatic heterocycles. The first-order valence-corrected chi connectivity index (χ1v) is 3.85. The Bertz CT molecular complexity index is 191. The molecule has 2 aliphatic rings. The molecule has 2 rings (SSSR count). The highest BCUT2D eigenvalue weighted by Gasteiger charge is 2.43. The molecule has 3 N–H and O–H groups in total. The lowest BCUT2D eigenvalue weighted by molar-refractivity contribution is -0.159. The summed E-state index contributed by atoms with van der Waals surface area (Å²) in [6, 6.07) is 0. The Morgan fingerprint density at radius 1 is 1.23 bits per heavy atom. The van der Waals surface area contributed by atoms with Gasteiger partial charge in [0, 0.05) is 0 Å². The van der Waals surface area contributed by atoms with Crippen LogP contribution in [0.5, 0.6) is 0 Å². The summed E-state index contributed by atoms with van der Waals surface area (Å²) in [4.78, 5) is 18.2. The standard InChI is InChI=1S/C5H9NO.C2H2O4/c1-2-6-5(1)3-7-4-5;3-1(4)2(5)6/h6H,1-4H2;(H,3,4)(H,5,6). The fraction of sp³-hybridized carbons (Fsp3) is 0.714. The molecule has 13 heavy (non-hydrogen) atoms. The van der Waals surface area contributed by atoms with Gasteiger partial charge in [-0.3, -0.25) is 0 Å². The molecule has 6 nitrogen and oxygen atoms in total. The number of nitrogens with one attached hydrogen (secondary N) is 1. The van der Waals surface area contributed by atoms with Crippen molar-refractivity contribution in [2.24, 2.45) is 0 Å². The zero-order chi connectivity index (χ0) is 9.90. The van der Waals surface area contributed by atoms with Gasteiger partial charge in [0.05, 0.1) is 18.8 Å². The van der Waals surface area contributed by atoms with Crippen molar-refractivity contribution in [2.45, 2.75) is 12.0 Å². The average molecular weight is 189 g/mol. The van der Waals surface area contributed by atoms with Crippen molar-refractivity contribution >= 4 is 11.9 Å². The van der Waals surface area contributed by atoms with E-state index in [0.717, 1.165) is 13.2 Å². The zero-order valence-corrected chi connectivity index (χ0v) is 6.95. The molecule has 0 unspecified atom stereocenters. The highest BCUT2D eigenvalue weighted by molar-refractivity contribution is 6.27. The largest absolute Gasteiger partial charge is 0.473 e. The highest BCUT2D eigenvalue weighted by Crippen LogP contribution is 2.26. The van der Waals surface area contributed by atoms with Crippen LogP contribution in [0.15, 0.2) is 0 Å². The van der Waals surface area contributed by atoms with Crippen LogP contribution >= 0.6 is 0 Å². The Morgan fingerprint density at radius 2 is 1.69 bits per heavy atom. The fourth-order valence-corrected chi connectivity index (χ4v) is 1.07. The first-order valence-electron chi connectivity index (χ1n) is 3.85. The average Bonchev–Trinajstić information content (AvgIpc) is 1.80. The molecule has 2 aliphatic heterocycles. The van der Waals surface area contributed by atoms with Crippen molar-refractivity contribution in [3.8, 4) is 0 Å². The van der Waals surface area contributed by atoms with E-state index in [2.05, 4.69) is 5.32 Å². The Morgan fingerprint density at radius 3 is 1.69 bits per heavy atom. The summed E-state index contributed by atoms with van der Waals surface area (Å²) in [5.74, 6) is -3.65. The molecular weight excluding hydrogens is 178 g/mol. The molecule has 0 bridgehead atoms. The molecule has 0 atom stereocenters. The molecule has 0 radical (unpaired) electrons. The smallest absolute Gasteiger partial charge is 0.414 e. The van der Waals surface area contributed by atoms with Crippen molar-refractivity contribution in [3.63, 3.8) is 0 Å². The number of hydrogen-bond donors (Lipinski definition) is 3. The van der Waals surface area contributed by atoms with E-state index in [-0.39, 0.29) is 0 Å². The van der Waals surface area contributed by atoms with Gasteiger partial charge in [0.25, 0.3) is 0 Å². The lowest BCUT2D eigenvalue weighted by Crippen LogP contribution is -2.68. The third-order valence-corrected chi connectivity index (χ3v) is 2.04. The van der Waals surface area contributed by atoms with Crippen LogP contribution in [0, 0.1) is 0 Å². The summed E-state index contributed by atoms with van der Waals surface area (Å²) < 4.78 is 5.02. The molecule has 0 aromatic carbocycles. The molecule has 0 aliphatic carbocycles. The highest BCUT2D eigenvalue weighted by atomic mass is 16.5. The summed E-state index contributed by atoms with van der Waals surface area (Å²) in [5.41, 5.74) is 0.472. The first-order chi connectivity index (χ1) is 6.06. The lowest BCUT2D eigenvalue weighted by atomic mass is 9.86. The summed E-state index contributed by atoms with van der Waals surface area (Å²) in [6.45, 7) is 3.10. The maximum atomic E-state index is 9.10. The van der Waals surface area contributed by atoms with Gasteiger partial charge in [0.2, 0.25) is 0 Å². The van der Waals surface area contributed by atoms with Crippen molar-refractivity contribution in [2.75, 3.05) is 19.8 Å². The molecule has 1 spiro atoms. The van der Waals surface area contributed by atoms with E-state index < -0.39 is 11.9 Å². The van der Waals surface area contributed by atoms with Crippen LogP contribution in [-0.4, -0.2) is 47.4 Å². The van der Waals surface area contributed by atoms with Crippen molar-refractivity contribution < 1.29 is 24.5 Å². The van der Waals surface area contributed by atoms with E-state index in [9.17, 15) is 0 Å². The van der Waals surface area contributed by atoms with Gasteiger partial charge in [-0.1, -0.05) is 0 Å². The maximum Gasteiger partial charge on any atom is 0.414 e. The van der Waals surface area contributed by atoms with Gasteiger partial charge in [-0.25, -0.2) is 9.59 Å². The number of rotatable bonds is 0. The van der Waals surface area contributed by atoms with E-state index in [1.807, 2.05) is 0 Å². The monoisotopic (exact) mass is 189 g/mol. The quantitative estimate of drug-likeness (QED) is 0.419. The van der Waals surface area contributed by atoms with E-state index in [1.54, 1.807) is 0 Å². The van der Waals surface area contributed by atoms with Gasteiger partial charge < -0.3 is 20.3 Å². The van der Waals surface area contributed by atoms with Gasteiger partial charge in [-0.2, -0.15) is 0 Å². The second-order valence-electron chi connectivity index (χ2n) is 3.06. The molecular formula is C7H11NO5. The van der Waals surface area contributed by atoms with Gasteiger partial charge >= 0.3 is 11.9 Å². The van der Waals surface area contributed by atoms with Crippen molar-refractivity contribution in [3.05, 3.63) is 0 Å². The van der Waals surface area contributed by atoms with Gasteiger partial charge in [-0.05, 0) is 13.0 Å². The number of hydrogen-bond acceptors (Lipinski definition) is 4. The second-order valence-corrected chi connectivity index (χ2v) is 3.06. The Kier molecular flexibility index (Phi) is 2.84. The minimum Gasteiger partial charge on any atom is -0.473 e. The van der Waals surface area contributed by atoms with E-state index in [0.29, 0.717) is 5.54 Å². The zero-order valence-electron chi connectivity index (χ0n) is 6.95. The summed E-state index contributed by atoms with van der Waals surface area (Å²) in [7, 11) is 0. The maximum absolute atomic E-state index is 9.10. The molecule has 2 fully saturated rings. The van der Waals surface area contributed by atoms with Crippen molar-refractivity contribution in [1.29, 1.82) is 0 Å². The summed E-state index contributed by atoms with van der Waals surface area (Å²) in [5, 5.41) is 18.1. The molecule has 74 valence electrons. The minimum atomic E-state index is -1.82. The van der Waals surface area contributed by atoms with Crippen LogP contribution < -0.4 is 5.32 Å². The topological polar surface area (TPSA) is 95.9 Å². The summed E-state index contributed by atoms with van der Waals surface area (Å²) in [6.07, 6.45) is 1.33. The van der Waals surface area contributed by atoms with Gasteiger partial charge in [-0.15, -0.1) is 0 Å². The van der Waals surface area contributed by atoms with Crippen LogP contribution in [0.1, 0.15) is 6.42 Å². The molecule has 0 saturated carbocycles. The Labute approximate surface area is 74.5 Å². The number of carbonyl (C=O) groups is 2. The lowest BCUT2D eigenvalue weighted by Gasteiger charge is -2.49. The number of aliphatic carboxylic acids is 2. The Hall–Kier alpha value is -1.14. The molecule has 0 amide bonds. The van der Waals surface area contributed by atoms with Crippen LogP contribution in [0.4, 0.5) is 0 Å². The normalized spacial score (nSPS) is 21.8. The van der Waals surface area contributed by atoms with E-state index in [1.165, 1.54) is 13.0 Å². The minimum absolute atomic E-state index is 0.472. The molecule has 0 aromatic rings. The number of carboxylic acid groups (broad SMARTS) is 2. The third-order valence-electron chi connectivity index (χ3n) is 2.04. The fourth-order valence-electron chi connectivity index (χ4n) is 1.07. The summed E-state index contributed by atoms with van der Waals surface area (Å²) >= 11 is 0. The van der Waals surface area contributed by atoms with E-state index in [4.69, 9.17) is 24.5 Å². The number of ether oxygens (including phenoxy) is 1. The van der Waals surface area contributed by atoms with Crippen LogP contribution in [0.2, 0.25) is 0 Å². The molecule has 6 heteroatoms. The predicted octanol–water partition coefficient (Wildman–Crippen LogP) is -1.10. The first kappa shape index (κ1) is 9.94. The van der Waals surface area contributed by atoms with Crippen LogP contribution in [0.25, 0.3) is 0 Å². The predicted molar refractivity (Wildman–Crippen MR) is 41.4 cm³/mol. The van der Waals surface area contributed by atoms with E-state index >= 15 is 0 Å².